The van der Waals surface area contributed by atoms with E-state index in [-0.39, 0.29) is 36.5 Å². The summed E-state index contributed by atoms with van der Waals surface area (Å²) in [5.41, 5.74) is 0.924. The summed E-state index contributed by atoms with van der Waals surface area (Å²) >= 11 is 0. The number of rotatable bonds is 6. The van der Waals surface area contributed by atoms with E-state index in [1.807, 2.05) is 19.9 Å². The number of anilines is 1. The number of hydrogen-bond acceptors (Lipinski definition) is 6. The molecule has 3 rings (SSSR count). The Balaban J connectivity index is 1.49. The number of aromatic amines is 1. The molecular formula is C18H25N5O4. The summed E-state index contributed by atoms with van der Waals surface area (Å²) < 4.78 is 10.7. The number of nitrogens with zero attached hydrogens (tertiary/aromatic N) is 2. The number of amides is 2. The fraction of sp³-hybridized carbons (Fsp3) is 0.556. The van der Waals surface area contributed by atoms with Crippen LogP contribution in [0.1, 0.15) is 56.4 Å². The summed E-state index contributed by atoms with van der Waals surface area (Å²) in [7, 11) is 0. The van der Waals surface area contributed by atoms with E-state index in [1.54, 1.807) is 13.1 Å². The molecule has 0 aliphatic heterocycles. The SMILES string of the molecule is Cc1cnc(CC(=O)Nc2cc([C@@H]3CC[C@H](OC(=O)NC(C)C)C3)[nH]n2)o1. The quantitative estimate of drug-likeness (QED) is 0.713. The van der Waals surface area contributed by atoms with Crippen molar-refractivity contribution in [3.63, 3.8) is 0 Å². The molecule has 0 unspecified atom stereocenters. The third-order valence-electron chi connectivity index (χ3n) is 4.35. The fourth-order valence-corrected chi connectivity index (χ4v) is 3.17. The first-order valence-electron chi connectivity index (χ1n) is 9.12. The first kappa shape index (κ1) is 18.9. The number of aryl methyl sites for hydroxylation is 1. The van der Waals surface area contributed by atoms with Crippen molar-refractivity contribution >= 4 is 17.8 Å². The molecule has 27 heavy (non-hydrogen) atoms. The van der Waals surface area contributed by atoms with Crippen LogP contribution >= 0.6 is 0 Å². The summed E-state index contributed by atoms with van der Waals surface area (Å²) in [5, 5.41) is 12.6. The van der Waals surface area contributed by atoms with Gasteiger partial charge in [-0.15, -0.1) is 0 Å². The van der Waals surface area contributed by atoms with E-state index in [0.29, 0.717) is 17.5 Å². The van der Waals surface area contributed by atoms with E-state index >= 15 is 0 Å². The highest BCUT2D eigenvalue weighted by molar-refractivity contribution is 5.90. The van der Waals surface area contributed by atoms with Gasteiger partial charge in [0, 0.05) is 23.7 Å². The second-order valence-electron chi connectivity index (χ2n) is 7.13. The molecule has 146 valence electrons. The van der Waals surface area contributed by atoms with Crippen LogP contribution in [-0.2, 0) is 16.0 Å². The van der Waals surface area contributed by atoms with Gasteiger partial charge in [-0.05, 0) is 40.0 Å². The molecule has 2 aromatic rings. The Morgan fingerprint density at radius 3 is 2.93 bits per heavy atom. The van der Waals surface area contributed by atoms with Gasteiger partial charge in [-0.3, -0.25) is 9.89 Å². The maximum Gasteiger partial charge on any atom is 0.407 e. The molecule has 1 fully saturated rings. The van der Waals surface area contributed by atoms with Crippen LogP contribution in [0.25, 0.3) is 0 Å². The zero-order chi connectivity index (χ0) is 19.4. The number of alkyl carbamates (subject to hydrolysis) is 1. The number of carbonyl (C=O) groups excluding carboxylic acids is 2. The van der Waals surface area contributed by atoms with Crippen molar-refractivity contribution in [2.45, 2.75) is 64.5 Å². The second-order valence-corrected chi connectivity index (χ2v) is 7.13. The molecule has 0 radical (unpaired) electrons. The molecule has 1 aliphatic carbocycles. The number of oxazole rings is 1. The third-order valence-corrected chi connectivity index (χ3v) is 4.35. The normalized spacial score (nSPS) is 19.3. The molecule has 2 aromatic heterocycles. The smallest absolute Gasteiger partial charge is 0.407 e. The van der Waals surface area contributed by atoms with Crippen molar-refractivity contribution < 1.29 is 18.7 Å². The largest absolute Gasteiger partial charge is 0.446 e. The first-order chi connectivity index (χ1) is 12.9. The average molecular weight is 375 g/mol. The van der Waals surface area contributed by atoms with Crippen LogP contribution in [0.4, 0.5) is 10.6 Å². The Kier molecular flexibility index (Phi) is 5.78. The van der Waals surface area contributed by atoms with Gasteiger partial charge in [-0.2, -0.15) is 5.10 Å². The van der Waals surface area contributed by atoms with Gasteiger partial charge in [0.25, 0.3) is 0 Å². The summed E-state index contributed by atoms with van der Waals surface area (Å²) in [6.45, 7) is 5.56. The van der Waals surface area contributed by atoms with Gasteiger partial charge in [0.05, 0.1) is 6.20 Å². The van der Waals surface area contributed by atoms with E-state index in [2.05, 4.69) is 25.8 Å². The predicted octanol–water partition coefficient (Wildman–Crippen LogP) is 2.66. The molecule has 0 aromatic carbocycles. The molecule has 2 atom stereocenters. The second kappa shape index (κ2) is 8.24. The van der Waals surface area contributed by atoms with Gasteiger partial charge in [0.15, 0.2) is 5.82 Å². The van der Waals surface area contributed by atoms with E-state index in [4.69, 9.17) is 9.15 Å². The zero-order valence-corrected chi connectivity index (χ0v) is 15.7. The maximum absolute atomic E-state index is 12.1. The zero-order valence-electron chi connectivity index (χ0n) is 15.7. The molecule has 2 amide bonds. The van der Waals surface area contributed by atoms with Crippen LogP contribution in [0.15, 0.2) is 16.7 Å². The van der Waals surface area contributed by atoms with Crippen molar-refractivity contribution in [1.82, 2.24) is 20.5 Å². The fourth-order valence-electron chi connectivity index (χ4n) is 3.17. The van der Waals surface area contributed by atoms with Crippen molar-refractivity contribution in [3.05, 3.63) is 29.6 Å². The van der Waals surface area contributed by atoms with Crippen LogP contribution in [0.5, 0.6) is 0 Å². The molecule has 1 saturated carbocycles. The minimum absolute atomic E-state index is 0.0498. The molecule has 0 bridgehead atoms. The molecule has 2 heterocycles. The van der Waals surface area contributed by atoms with Crippen LogP contribution in [0.3, 0.4) is 0 Å². The number of H-pyrrole nitrogens is 1. The molecule has 0 saturated heterocycles. The first-order valence-corrected chi connectivity index (χ1v) is 9.12. The van der Waals surface area contributed by atoms with Crippen LogP contribution < -0.4 is 10.6 Å². The number of hydrogen-bond donors (Lipinski definition) is 3. The number of nitrogens with one attached hydrogen (secondary N) is 3. The lowest BCUT2D eigenvalue weighted by Gasteiger charge is -2.14. The number of aromatic nitrogens is 3. The van der Waals surface area contributed by atoms with Crippen molar-refractivity contribution in [2.75, 3.05) is 5.32 Å². The summed E-state index contributed by atoms with van der Waals surface area (Å²) in [6.07, 6.45) is 3.58. The van der Waals surface area contributed by atoms with Crippen molar-refractivity contribution in [2.24, 2.45) is 0 Å². The lowest BCUT2D eigenvalue weighted by molar-refractivity contribution is -0.115. The van der Waals surface area contributed by atoms with E-state index in [1.165, 1.54) is 0 Å². The lowest BCUT2D eigenvalue weighted by atomic mass is 10.0. The minimum atomic E-state index is -0.380. The molecule has 9 nitrogen and oxygen atoms in total. The topological polar surface area (TPSA) is 122 Å². The van der Waals surface area contributed by atoms with Gasteiger partial charge in [-0.1, -0.05) is 0 Å². The third kappa shape index (κ3) is 5.32. The molecule has 9 heteroatoms. The Morgan fingerprint density at radius 1 is 1.41 bits per heavy atom. The Labute approximate surface area is 157 Å². The standard InChI is InChI=1S/C18H25N5O4/c1-10(2)20-18(25)27-13-5-4-12(6-13)14-7-15(23-22-14)21-16(24)8-17-19-9-11(3)26-17/h7,9-10,12-13H,4-6,8H2,1-3H3,(H,20,25)(H2,21,22,23,24)/t12-,13+/m1/s1. The van der Waals surface area contributed by atoms with Crippen LogP contribution in [-0.4, -0.2) is 39.3 Å². The predicted molar refractivity (Wildman–Crippen MR) is 97.3 cm³/mol. The van der Waals surface area contributed by atoms with Crippen molar-refractivity contribution in [3.8, 4) is 0 Å². The summed E-state index contributed by atoms with van der Waals surface area (Å²) in [4.78, 5) is 27.8. The van der Waals surface area contributed by atoms with Gasteiger partial charge in [0.1, 0.15) is 18.3 Å². The number of carbonyl (C=O) groups is 2. The molecular weight excluding hydrogens is 350 g/mol. The Hall–Kier alpha value is -2.84. The highest BCUT2D eigenvalue weighted by atomic mass is 16.6. The van der Waals surface area contributed by atoms with Gasteiger partial charge < -0.3 is 19.8 Å². The van der Waals surface area contributed by atoms with E-state index in [9.17, 15) is 9.59 Å². The molecule has 0 spiro atoms. The minimum Gasteiger partial charge on any atom is -0.446 e. The van der Waals surface area contributed by atoms with E-state index < -0.39 is 0 Å². The Morgan fingerprint density at radius 2 is 2.22 bits per heavy atom. The number of ether oxygens (including phenoxy) is 1. The highest BCUT2D eigenvalue weighted by Gasteiger charge is 2.30. The van der Waals surface area contributed by atoms with Gasteiger partial charge >= 0.3 is 6.09 Å². The average Bonchev–Trinajstić information content (AvgIpc) is 3.28. The monoisotopic (exact) mass is 375 g/mol. The highest BCUT2D eigenvalue weighted by Crippen LogP contribution is 2.35. The van der Waals surface area contributed by atoms with Crippen molar-refractivity contribution in [1.29, 1.82) is 0 Å². The Bertz CT molecular complexity index is 797. The van der Waals surface area contributed by atoms with Crippen LogP contribution in [0.2, 0.25) is 0 Å². The van der Waals surface area contributed by atoms with Gasteiger partial charge in [0.2, 0.25) is 11.8 Å². The summed E-state index contributed by atoms with van der Waals surface area (Å²) in [5.74, 6) is 1.47. The van der Waals surface area contributed by atoms with Crippen LogP contribution in [0, 0.1) is 6.92 Å². The molecule has 3 N–H and O–H groups in total. The maximum atomic E-state index is 12.1. The summed E-state index contributed by atoms with van der Waals surface area (Å²) in [6, 6.07) is 1.87. The molecule has 1 aliphatic rings. The lowest BCUT2D eigenvalue weighted by Crippen LogP contribution is -2.33. The van der Waals surface area contributed by atoms with E-state index in [0.717, 1.165) is 25.0 Å². The van der Waals surface area contributed by atoms with Gasteiger partial charge in [-0.25, -0.2) is 9.78 Å².